The van der Waals surface area contributed by atoms with Gasteiger partial charge in [0.1, 0.15) is 6.04 Å². The second-order valence-corrected chi connectivity index (χ2v) is 7.33. The molecule has 2 aliphatic rings. The summed E-state index contributed by atoms with van der Waals surface area (Å²) in [4.78, 5) is 27.8. The predicted octanol–water partition coefficient (Wildman–Crippen LogP) is 3.47. The van der Waals surface area contributed by atoms with E-state index >= 15 is 0 Å². The summed E-state index contributed by atoms with van der Waals surface area (Å²) in [6.45, 7) is 0.841. The molecule has 146 valence electrons. The molecule has 1 atom stereocenters. The van der Waals surface area contributed by atoms with E-state index in [9.17, 15) is 9.59 Å². The van der Waals surface area contributed by atoms with Crippen LogP contribution in [0.1, 0.15) is 46.8 Å². The lowest BCUT2D eigenvalue weighted by Gasteiger charge is -2.27. The van der Waals surface area contributed by atoms with Crippen molar-refractivity contribution < 1.29 is 9.59 Å². The average molecular weight is 386 g/mol. The molecule has 1 N–H and O–H groups in total. The van der Waals surface area contributed by atoms with Gasteiger partial charge in [-0.15, -0.1) is 12.3 Å². The standard InChI is InChI=1S/C23H22N4O2/c1-2-3-13-23(25-26-23)14-15-24-21(28)20(17-9-5-4-6-10-17)27-16-18-11-7-8-12-19(18)22(27)29/h1,4-12,20H,3,13-16H2,(H,24,28)/t20-/m1/s1. The highest BCUT2D eigenvalue weighted by Gasteiger charge is 2.40. The molecule has 0 bridgehead atoms. The van der Waals surface area contributed by atoms with E-state index in [0.29, 0.717) is 37.9 Å². The number of amides is 2. The highest BCUT2D eigenvalue weighted by Crippen LogP contribution is 2.36. The monoisotopic (exact) mass is 386 g/mol. The maximum absolute atomic E-state index is 13.1. The highest BCUT2D eigenvalue weighted by atomic mass is 16.2. The molecule has 0 fully saturated rings. The molecule has 0 radical (unpaired) electrons. The van der Waals surface area contributed by atoms with Crippen molar-refractivity contribution in [2.24, 2.45) is 10.2 Å². The van der Waals surface area contributed by atoms with Gasteiger partial charge in [-0.05, 0) is 17.2 Å². The first-order chi connectivity index (χ1) is 14.1. The fraction of sp³-hybridized carbons (Fsp3) is 0.304. The Bertz CT molecular complexity index is 987. The number of carbonyl (C=O) groups is 2. The Labute approximate surface area is 170 Å². The molecule has 2 aliphatic heterocycles. The zero-order valence-electron chi connectivity index (χ0n) is 16.0. The minimum atomic E-state index is -0.689. The summed E-state index contributed by atoms with van der Waals surface area (Å²) in [7, 11) is 0. The number of benzene rings is 2. The van der Waals surface area contributed by atoms with Crippen molar-refractivity contribution in [2.75, 3.05) is 6.54 Å². The third-order valence-corrected chi connectivity index (χ3v) is 5.40. The Hall–Kier alpha value is -3.46. The van der Waals surface area contributed by atoms with Crippen LogP contribution in [0.4, 0.5) is 0 Å². The number of carbonyl (C=O) groups excluding carboxylic acids is 2. The molecule has 0 spiro atoms. The smallest absolute Gasteiger partial charge is 0.255 e. The Kier molecular flexibility index (Phi) is 5.13. The van der Waals surface area contributed by atoms with Gasteiger partial charge >= 0.3 is 0 Å². The lowest BCUT2D eigenvalue weighted by Crippen LogP contribution is -2.41. The Morgan fingerprint density at radius 3 is 2.55 bits per heavy atom. The largest absolute Gasteiger partial charge is 0.354 e. The number of fused-ring (bicyclic) bond motifs is 1. The van der Waals surface area contributed by atoms with Crippen molar-refractivity contribution in [3.05, 3.63) is 71.3 Å². The summed E-state index contributed by atoms with van der Waals surface area (Å²) < 4.78 is 0. The third-order valence-electron chi connectivity index (χ3n) is 5.40. The summed E-state index contributed by atoms with van der Waals surface area (Å²) in [5.74, 6) is 2.28. The van der Waals surface area contributed by atoms with Crippen molar-refractivity contribution in [1.82, 2.24) is 10.2 Å². The maximum atomic E-state index is 13.1. The highest BCUT2D eigenvalue weighted by molar-refractivity contribution is 6.01. The van der Waals surface area contributed by atoms with Gasteiger partial charge in [-0.3, -0.25) is 9.59 Å². The van der Waals surface area contributed by atoms with Crippen molar-refractivity contribution in [2.45, 2.75) is 37.5 Å². The Morgan fingerprint density at radius 2 is 1.86 bits per heavy atom. The van der Waals surface area contributed by atoms with Crippen LogP contribution < -0.4 is 5.32 Å². The topological polar surface area (TPSA) is 74.1 Å². The first-order valence-corrected chi connectivity index (χ1v) is 9.73. The van der Waals surface area contributed by atoms with Crippen LogP contribution in [0.2, 0.25) is 0 Å². The molecule has 0 saturated carbocycles. The summed E-state index contributed by atoms with van der Waals surface area (Å²) in [5.41, 5.74) is 1.94. The van der Waals surface area contributed by atoms with Crippen molar-refractivity contribution >= 4 is 11.8 Å². The molecule has 0 unspecified atom stereocenters. The van der Waals surface area contributed by atoms with Gasteiger partial charge in [-0.2, -0.15) is 10.2 Å². The number of rotatable bonds is 8. The van der Waals surface area contributed by atoms with Crippen LogP contribution in [0.5, 0.6) is 0 Å². The van der Waals surface area contributed by atoms with Gasteiger partial charge in [0.25, 0.3) is 5.91 Å². The molecule has 2 amide bonds. The predicted molar refractivity (Wildman–Crippen MR) is 109 cm³/mol. The fourth-order valence-corrected chi connectivity index (χ4v) is 3.74. The maximum Gasteiger partial charge on any atom is 0.255 e. The number of hydrogen-bond donors (Lipinski definition) is 1. The summed E-state index contributed by atoms with van der Waals surface area (Å²) in [5, 5.41) is 11.2. The Morgan fingerprint density at radius 1 is 1.14 bits per heavy atom. The minimum Gasteiger partial charge on any atom is -0.354 e. The quantitative estimate of drug-likeness (QED) is 0.706. The third kappa shape index (κ3) is 3.90. The van der Waals surface area contributed by atoms with E-state index in [4.69, 9.17) is 6.42 Å². The van der Waals surface area contributed by atoms with Gasteiger partial charge in [0.2, 0.25) is 5.91 Å². The summed E-state index contributed by atoms with van der Waals surface area (Å²) in [6.07, 6.45) is 7.23. The molecular weight excluding hydrogens is 364 g/mol. The summed E-state index contributed by atoms with van der Waals surface area (Å²) >= 11 is 0. The van der Waals surface area contributed by atoms with Crippen molar-refractivity contribution in [1.29, 1.82) is 0 Å². The van der Waals surface area contributed by atoms with E-state index < -0.39 is 11.7 Å². The molecule has 2 heterocycles. The van der Waals surface area contributed by atoms with Gasteiger partial charge < -0.3 is 10.2 Å². The molecule has 0 aromatic heterocycles. The van der Waals surface area contributed by atoms with Crippen molar-refractivity contribution in [3.8, 4) is 12.3 Å². The van der Waals surface area contributed by atoms with Gasteiger partial charge in [0.15, 0.2) is 5.66 Å². The van der Waals surface area contributed by atoms with E-state index in [1.54, 1.807) is 4.90 Å². The SMILES string of the molecule is C#CCCC1(CCNC(=O)[C@@H](c2ccccc2)N2Cc3ccccc3C2=O)N=N1. The molecule has 6 nitrogen and oxygen atoms in total. The van der Waals surface area contributed by atoms with Crippen molar-refractivity contribution in [3.63, 3.8) is 0 Å². The van der Waals surface area contributed by atoms with Crippen LogP contribution in [-0.2, 0) is 11.3 Å². The molecular formula is C23H22N4O2. The van der Waals surface area contributed by atoms with Gasteiger partial charge in [-0.1, -0.05) is 48.5 Å². The van der Waals surface area contributed by atoms with Gasteiger partial charge in [-0.25, -0.2) is 0 Å². The average Bonchev–Trinajstić information content (AvgIpc) is 3.45. The first-order valence-electron chi connectivity index (χ1n) is 9.73. The first kappa shape index (κ1) is 18.9. The number of nitrogens with one attached hydrogen (secondary N) is 1. The zero-order valence-corrected chi connectivity index (χ0v) is 16.0. The molecule has 29 heavy (non-hydrogen) atoms. The van der Waals surface area contributed by atoms with Crippen LogP contribution >= 0.6 is 0 Å². The van der Waals surface area contributed by atoms with E-state index in [-0.39, 0.29) is 11.8 Å². The Balaban J connectivity index is 1.48. The van der Waals surface area contributed by atoms with Gasteiger partial charge in [0, 0.05) is 37.9 Å². The van der Waals surface area contributed by atoms with Crippen LogP contribution in [0.15, 0.2) is 64.8 Å². The van der Waals surface area contributed by atoms with Gasteiger partial charge in [0.05, 0.1) is 0 Å². The van der Waals surface area contributed by atoms with E-state index in [2.05, 4.69) is 21.5 Å². The van der Waals surface area contributed by atoms with Crippen LogP contribution in [0.25, 0.3) is 0 Å². The molecule has 0 saturated heterocycles. The lowest BCUT2D eigenvalue weighted by molar-refractivity contribution is -0.126. The second-order valence-electron chi connectivity index (χ2n) is 7.33. The van der Waals surface area contributed by atoms with Crippen LogP contribution in [0.3, 0.4) is 0 Å². The normalized spacial score (nSPS) is 16.8. The number of terminal acetylenes is 1. The molecule has 6 heteroatoms. The number of nitrogens with zero attached hydrogens (tertiary/aromatic N) is 3. The fourth-order valence-electron chi connectivity index (χ4n) is 3.74. The number of hydrogen-bond acceptors (Lipinski definition) is 4. The molecule has 0 aliphatic carbocycles. The molecule has 2 aromatic carbocycles. The van der Waals surface area contributed by atoms with E-state index in [0.717, 1.165) is 11.1 Å². The second kappa shape index (κ2) is 7.88. The molecule has 2 aromatic rings. The van der Waals surface area contributed by atoms with E-state index in [1.165, 1.54) is 0 Å². The van der Waals surface area contributed by atoms with Crippen LogP contribution in [0, 0.1) is 12.3 Å². The minimum absolute atomic E-state index is 0.123. The van der Waals surface area contributed by atoms with Crippen LogP contribution in [-0.4, -0.2) is 28.9 Å². The molecule has 4 rings (SSSR count). The lowest BCUT2D eigenvalue weighted by atomic mass is 10.0. The zero-order chi connectivity index (χ0) is 20.3. The summed E-state index contributed by atoms with van der Waals surface area (Å²) in [6, 6.07) is 16.2. The van der Waals surface area contributed by atoms with E-state index in [1.807, 2.05) is 54.6 Å².